The number of anilines is 2. The maximum Gasteiger partial charge on any atom is 0.316 e. The lowest BCUT2D eigenvalue weighted by molar-refractivity contribution is -0.137. The second kappa shape index (κ2) is 8.86. The molecule has 0 spiro atoms. The van der Waals surface area contributed by atoms with E-state index in [-0.39, 0.29) is 29.5 Å². The van der Waals surface area contributed by atoms with Gasteiger partial charge in [0.15, 0.2) is 5.16 Å². The zero-order valence-electron chi connectivity index (χ0n) is 16.7. The van der Waals surface area contributed by atoms with Gasteiger partial charge in [0.2, 0.25) is 11.9 Å². The van der Waals surface area contributed by atoms with Crippen LogP contribution in [0.25, 0.3) is 5.69 Å². The molecule has 30 heavy (non-hydrogen) atoms. The van der Waals surface area contributed by atoms with Gasteiger partial charge in [0.1, 0.15) is 12.2 Å². The van der Waals surface area contributed by atoms with E-state index in [9.17, 15) is 14.4 Å². The second-order valence-corrected chi connectivity index (χ2v) is 7.22. The number of hydrogen-bond donors (Lipinski definition) is 2. The van der Waals surface area contributed by atoms with Crippen molar-refractivity contribution in [3.8, 4) is 5.69 Å². The van der Waals surface area contributed by atoms with E-state index in [0.29, 0.717) is 16.5 Å². The molecule has 0 aliphatic carbocycles. The first-order chi connectivity index (χ1) is 14.3. The van der Waals surface area contributed by atoms with Crippen molar-refractivity contribution in [3.05, 3.63) is 46.4 Å². The molecule has 0 saturated carbocycles. The molecule has 0 unspecified atom stereocenters. The Hall–Kier alpha value is -3.54. The lowest BCUT2D eigenvalue weighted by Crippen LogP contribution is -2.25. The summed E-state index contributed by atoms with van der Waals surface area (Å²) in [6.07, 6.45) is 0. The average molecular weight is 431 g/mol. The lowest BCUT2D eigenvalue weighted by Gasteiger charge is -2.08. The summed E-state index contributed by atoms with van der Waals surface area (Å²) in [6, 6.07) is 9.10. The van der Waals surface area contributed by atoms with Gasteiger partial charge in [0.25, 0.3) is 5.56 Å². The molecular weight excluding hydrogens is 410 g/mol. The van der Waals surface area contributed by atoms with E-state index in [1.54, 1.807) is 30.8 Å². The third-order valence-electron chi connectivity index (χ3n) is 4.41. The van der Waals surface area contributed by atoms with Crippen molar-refractivity contribution >= 4 is 35.3 Å². The quantitative estimate of drug-likeness (QED) is 0.409. The van der Waals surface area contributed by atoms with Crippen LogP contribution in [0, 0.1) is 6.92 Å². The first-order valence-corrected chi connectivity index (χ1v) is 9.84. The number of carbonyl (C=O) groups excluding carboxylic acids is 2. The minimum atomic E-state index is -0.479. The SMILES string of the molecule is COC(=O)CSc1nnc(N)n1CC(=O)Nc1c(C)n(C)n(-c2ccccc2)c1=O. The summed E-state index contributed by atoms with van der Waals surface area (Å²) < 4.78 is 9.08. The second-order valence-electron chi connectivity index (χ2n) is 6.28. The Morgan fingerprint density at radius 1 is 1.23 bits per heavy atom. The molecule has 12 heteroatoms. The summed E-state index contributed by atoms with van der Waals surface area (Å²) in [5.41, 5.74) is 6.88. The molecule has 2 heterocycles. The fourth-order valence-corrected chi connectivity index (χ4v) is 3.55. The molecule has 0 bridgehead atoms. The third-order valence-corrected chi connectivity index (χ3v) is 5.35. The number of ether oxygens (including phenoxy) is 1. The number of benzene rings is 1. The molecule has 0 aliphatic heterocycles. The van der Waals surface area contributed by atoms with E-state index < -0.39 is 11.9 Å². The molecule has 0 radical (unpaired) electrons. The van der Waals surface area contributed by atoms with E-state index >= 15 is 0 Å². The highest BCUT2D eigenvalue weighted by Gasteiger charge is 2.20. The van der Waals surface area contributed by atoms with Crippen molar-refractivity contribution in [2.45, 2.75) is 18.6 Å². The smallest absolute Gasteiger partial charge is 0.316 e. The number of nitrogens with two attached hydrogens (primary N) is 1. The van der Waals surface area contributed by atoms with Crippen molar-refractivity contribution in [1.82, 2.24) is 24.1 Å². The van der Waals surface area contributed by atoms with E-state index in [1.807, 2.05) is 18.2 Å². The van der Waals surface area contributed by atoms with Gasteiger partial charge in [-0.2, -0.15) is 0 Å². The third kappa shape index (κ3) is 4.22. The van der Waals surface area contributed by atoms with Gasteiger partial charge in [0, 0.05) is 7.05 Å². The Balaban J connectivity index is 1.81. The number of nitrogen functional groups attached to an aromatic ring is 1. The number of methoxy groups -OCH3 is 1. The fraction of sp³-hybridized carbons (Fsp3) is 0.278. The monoisotopic (exact) mass is 431 g/mol. The molecule has 3 N–H and O–H groups in total. The first kappa shape index (κ1) is 21.2. The minimum Gasteiger partial charge on any atom is -0.468 e. The van der Waals surface area contributed by atoms with Crippen LogP contribution in [-0.2, 0) is 27.9 Å². The lowest BCUT2D eigenvalue weighted by atomic mass is 10.3. The van der Waals surface area contributed by atoms with Crippen LogP contribution in [0.3, 0.4) is 0 Å². The van der Waals surface area contributed by atoms with Crippen LogP contribution in [0.1, 0.15) is 5.69 Å². The molecule has 0 saturated heterocycles. The van der Waals surface area contributed by atoms with Gasteiger partial charge in [0.05, 0.1) is 24.2 Å². The van der Waals surface area contributed by atoms with Gasteiger partial charge in [-0.05, 0) is 19.1 Å². The van der Waals surface area contributed by atoms with Crippen molar-refractivity contribution in [2.75, 3.05) is 23.9 Å². The molecule has 3 rings (SSSR count). The van der Waals surface area contributed by atoms with Gasteiger partial charge in [-0.3, -0.25) is 23.6 Å². The number of para-hydroxylation sites is 1. The Morgan fingerprint density at radius 2 is 1.93 bits per heavy atom. The van der Waals surface area contributed by atoms with Gasteiger partial charge in [-0.25, -0.2) is 4.68 Å². The summed E-state index contributed by atoms with van der Waals surface area (Å²) >= 11 is 1.04. The molecule has 11 nitrogen and oxygen atoms in total. The highest BCUT2D eigenvalue weighted by molar-refractivity contribution is 7.99. The first-order valence-electron chi connectivity index (χ1n) is 8.85. The van der Waals surface area contributed by atoms with Crippen LogP contribution in [0.15, 0.2) is 40.3 Å². The largest absolute Gasteiger partial charge is 0.468 e. The summed E-state index contributed by atoms with van der Waals surface area (Å²) in [5.74, 6) is -0.911. The van der Waals surface area contributed by atoms with Gasteiger partial charge < -0.3 is 15.8 Å². The highest BCUT2D eigenvalue weighted by Crippen LogP contribution is 2.19. The summed E-state index contributed by atoms with van der Waals surface area (Å²) in [7, 11) is 3.01. The molecule has 1 amide bonds. The van der Waals surface area contributed by atoms with E-state index in [2.05, 4.69) is 20.3 Å². The number of nitrogens with zero attached hydrogens (tertiary/aromatic N) is 5. The van der Waals surface area contributed by atoms with Gasteiger partial charge >= 0.3 is 5.97 Å². The van der Waals surface area contributed by atoms with Crippen molar-refractivity contribution in [1.29, 1.82) is 0 Å². The summed E-state index contributed by atoms with van der Waals surface area (Å²) in [6.45, 7) is 1.52. The van der Waals surface area contributed by atoms with Crippen LogP contribution in [0.2, 0.25) is 0 Å². The predicted molar refractivity (Wildman–Crippen MR) is 112 cm³/mol. The van der Waals surface area contributed by atoms with Crippen LogP contribution in [-0.4, -0.2) is 48.9 Å². The maximum atomic E-state index is 12.9. The number of aromatic nitrogens is 5. The summed E-state index contributed by atoms with van der Waals surface area (Å²) in [4.78, 5) is 36.9. The number of nitrogens with one attached hydrogen (secondary N) is 1. The molecule has 158 valence electrons. The molecule has 0 aliphatic rings. The number of thioether (sulfide) groups is 1. The number of carbonyl (C=O) groups is 2. The predicted octanol–water partition coefficient (Wildman–Crippen LogP) is 0.562. The van der Waals surface area contributed by atoms with Crippen LogP contribution < -0.4 is 16.6 Å². The Kier molecular flexibility index (Phi) is 6.26. The van der Waals surface area contributed by atoms with Crippen LogP contribution >= 0.6 is 11.8 Å². The Labute approximate surface area is 175 Å². The van der Waals surface area contributed by atoms with Crippen LogP contribution in [0.5, 0.6) is 0 Å². The summed E-state index contributed by atoms with van der Waals surface area (Å²) in [5, 5.41) is 10.6. The van der Waals surface area contributed by atoms with E-state index in [1.165, 1.54) is 16.4 Å². The average Bonchev–Trinajstić information content (AvgIpc) is 3.18. The number of amides is 1. The molecule has 3 aromatic rings. The molecule has 0 atom stereocenters. The number of rotatable bonds is 7. The number of esters is 1. The van der Waals surface area contributed by atoms with E-state index in [4.69, 9.17) is 5.73 Å². The number of hydrogen-bond acceptors (Lipinski definition) is 8. The van der Waals surface area contributed by atoms with E-state index in [0.717, 1.165) is 11.8 Å². The van der Waals surface area contributed by atoms with Crippen LogP contribution in [0.4, 0.5) is 11.6 Å². The zero-order valence-corrected chi connectivity index (χ0v) is 17.5. The Bertz CT molecular complexity index is 1130. The highest BCUT2D eigenvalue weighted by atomic mass is 32.2. The standard InChI is InChI=1S/C18H21N7O4S/c1-11-15(16(28)25(23(11)2)12-7-5-4-6-8-12)20-13(26)9-24-17(19)21-22-18(24)30-10-14(27)29-3/h4-8H,9-10H2,1-3H3,(H2,19,21)(H,20,26). The molecule has 1 aromatic carbocycles. The molecule has 0 fully saturated rings. The Morgan fingerprint density at radius 3 is 2.60 bits per heavy atom. The van der Waals surface area contributed by atoms with Crippen molar-refractivity contribution < 1.29 is 14.3 Å². The van der Waals surface area contributed by atoms with Crippen molar-refractivity contribution in [3.63, 3.8) is 0 Å². The topological polar surface area (TPSA) is 139 Å². The fourth-order valence-electron chi connectivity index (χ4n) is 2.77. The zero-order chi connectivity index (χ0) is 21.8. The minimum absolute atomic E-state index is 0.00414. The molecule has 2 aromatic heterocycles. The van der Waals surface area contributed by atoms with Gasteiger partial charge in [-0.15, -0.1) is 10.2 Å². The maximum absolute atomic E-state index is 12.9. The normalized spacial score (nSPS) is 10.8. The molecular formula is C18H21N7O4S. The van der Waals surface area contributed by atoms with Crippen molar-refractivity contribution in [2.24, 2.45) is 7.05 Å². The van der Waals surface area contributed by atoms with Gasteiger partial charge in [-0.1, -0.05) is 30.0 Å².